The number of aliphatic hydroxyl groups is 1. The molecule has 0 aliphatic carbocycles. The van der Waals surface area contributed by atoms with Gasteiger partial charge < -0.3 is 9.84 Å². The summed E-state index contributed by atoms with van der Waals surface area (Å²) in [7, 11) is 1.39. The minimum Gasteiger partial charge on any atom is -0.469 e. The predicted octanol–water partition coefficient (Wildman–Crippen LogP) is 2.08. The molecule has 0 aliphatic rings. The Morgan fingerprint density at radius 3 is 2.40 bits per heavy atom. The minimum absolute atomic E-state index is 0.183. The molecule has 0 heterocycles. The van der Waals surface area contributed by atoms with Crippen LogP contribution in [0.1, 0.15) is 34.1 Å². The van der Waals surface area contributed by atoms with Crippen molar-refractivity contribution < 1.29 is 14.6 Å². The summed E-state index contributed by atoms with van der Waals surface area (Å²) in [5, 5.41) is 10.2. The number of carbonyl (C=O) groups is 1. The van der Waals surface area contributed by atoms with Crippen molar-refractivity contribution in [3.63, 3.8) is 0 Å². The third kappa shape index (κ3) is 6.05. The van der Waals surface area contributed by atoms with E-state index in [4.69, 9.17) is 0 Å². The van der Waals surface area contributed by atoms with Gasteiger partial charge >= 0.3 is 5.97 Å². The first-order chi connectivity index (χ1) is 6.79. The van der Waals surface area contributed by atoms with Gasteiger partial charge in [-0.15, -0.1) is 0 Å². The van der Waals surface area contributed by atoms with Crippen molar-refractivity contribution in [3.8, 4) is 0 Å². The Labute approximate surface area is 96.6 Å². The van der Waals surface area contributed by atoms with Crippen LogP contribution in [0.15, 0.2) is 0 Å². The highest BCUT2D eigenvalue weighted by atomic mass is 32.2. The van der Waals surface area contributed by atoms with E-state index in [0.717, 1.165) is 0 Å². The molecule has 0 saturated heterocycles. The summed E-state index contributed by atoms with van der Waals surface area (Å²) in [4.78, 5) is 11.0. The molecule has 0 spiro atoms. The first-order valence-corrected chi connectivity index (χ1v) is 6.25. The third-order valence-electron chi connectivity index (χ3n) is 2.59. The Hall–Kier alpha value is -0.220. The van der Waals surface area contributed by atoms with Crippen LogP contribution in [0.2, 0.25) is 0 Å². The van der Waals surface area contributed by atoms with Gasteiger partial charge in [0, 0.05) is 11.0 Å². The van der Waals surface area contributed by atoms with E-state index in [2.05, 4.69) is 4.74 Å². The van der Waals surface area contributed by atoms with E-state index in [1.54, 1.807) is 11.8 Å². The van der Waals surface area contributed by atoms with Gasteiger partial charge in [-0.1, -0.05) is 20.8 Å². The second kappa shape index (κ2) is 6.38. The molecule has 0 fully saturated rings. The van der Waals surface area contributed by atoms with Crippen LogP contribution in [0.4, 0.5) is 0 Å². The van der Waals surface area contributed by atoms with Crippen molar-refractivity contribution in [2.75, 3.05) is 12.9 Å². The SMILES string of the molecule is COC(=O)CC(C)SCC(C)(O)C(C)C. The van der Waals surface area contributed by atoms with Crippen molar-refractivity contribution in [2.24, 2.45) is 5.92 Å². The van der Waals surface area contributed by atoms with Gasteiger partial charge in [0.25, 0.3) is 0 Å². The van der Waals surface area contributed by atoms with Crippen LogP contribution in [-0.2, 0) is 9.53 Å². The summed E-state index contributed by atoms with van der Waals surface area (Å²) in [5.74, 6) is 0.664. The maximum Gasteiger partial charge on any atom is 0.306 e. The molecule has 3 nitrogen and oxygen atoms in total. The smallest absolute Gasteiger partial charge is 0.306 e. The molecule has 15 heavy (non-hydrogen) atoms. The lowest BCUT2D eigenvalue weighted by Gasteiger charge is -2.28. The number of hydrogen-bond acceptors (Lipinski definition) is 4. The van der Waals surface area contributed by atoms with Gasteiger partial charge in [0.05, 0.1) is 19.1 Å². The lowest BCUT2D eigenvalue weighted by atomic mass is 9.95. The van der Waals surface area contributed by atoms with Crippen molar-refractivity contribution in [1.29, 1.82) is 0 Å². The standard InChI is InChI=1S/C11H22O3S/c1-8(2)11(4,13)7-15-9(3)6-10(12)14-5/h8-9,13H,6-7H2,1-5H3. The fraction of sp³-hybridized carbons (Fsp3) is 0.909. The van der Waals surface area contributed by atoms with Gasteiger partial charge in [-0.3, -0.25) is 4.79 Å². The van der Waals surface area contributed by atoms with Crippen LogP contribution in [0.3, 0.4) is 0 Å². The molecule has 0 amide bonds. The Balaban J connectivity index is 3.90. The van der Waals surface area contributed by atoms with Crippen LogP contribution in [0, 0.1) is 5.92 Å². The number of rotatable bonds is 6. The van der Waals surface area contributed by atoms with E-state index in [1.807, 2.05) is 27.7 Å². The van der Waals surface area contributed by atoms with E-state index in [9.17, 15) is 9.90 Å². The Morgan fingerprint density at radius 2 is 2.00 bits per heavy atom. The summed E-state index contributed by atoms with van der Waals surface area (Å²) in [6, 6.07) is 0. The number of methoxy groups -OCH3 is 1. The monoisotopic (exact) mass is 234 g/mol. The fourth-order valence-corrected chi connectivity index (χ4v) is 2.06. The second-order valence-corrected chi connectivity index (χ2v) is 5.84. The Bertz CT molecular complexity index is 202. The molecule has 2 atom stereocenters. The zero-order chi connectivity index (χ0) is 12.1. The fourth-order valence-electron chi connectivity index (χ4n) is 0.855. The average Bonchev–Trinajstić information content (AvgIpc) is 2.14. The van der Waals surface area contributed by atoms with Crippen molar-refractivity contribution >= 4 is 17.7 Å². The Kier molecular flexibility index (Phi) is 6.29. The first kappa shape index (κ1) is 14.8. The molecular formula is C11H22O3S. The van der Waals surface area contributed by atoms with Crippen LogP contribution in [0.25, 0.3) is 0 Å². The third-order valence-corrected chi connectivity index (χ3v) is 4.07. The van der Waals surface area contributed by atoms with Gasteiger partial charge in [-0.2, -0.15) is 11.8 Å². The van der Waals surface area contributed by atoms with Crippen LogP contribution in [0.5, 0.6) is 0 Å². The molecule has 1 N–H and O–H groups in total. The van der Waals surface area contributed by atoms with E-state index >= 15 is 0 Å². The summed E-state index contributed by atoms with van der Waals surface area (Å²) >= 11 is 1.60. The van der Waals surface area contributed by atoms with Gasteiger partial charge in [0.1, 0.15) is 0 Å². The van der Waals surface area contributed by atoms with Crippen molar-refractivity contribution in [1.82, 2.24) is 0 Å². The molecule has 4 heteroatoms. The quantitative estimate of drug-likeness (QED) is 0.715. The van der Waals surface area contributed by atoms with Crippen LogP contribution >= 0.6 is 11.8 Å². The first-order valence-electron chi connectivity index (χ1n) is 5.20. The zero-order valence-electron chi connectivity index (χ0n) is 10.2. The predicted molar refractivity (Wildman–Crippen MR) is 64.0 cm³/mol. The van der Waals surface area contributed by atoms with E-state index in [0.29, 0.717) is 12.2 Å². The molecule has 2 unspecified atom stereocenters. The number of ether oxygens (including phenoxy) is 1. The lowest BCUT2D eigenvalue weighted by molar-refractivity contribution is -0.140. The van der Waals surface area contributed by atoms with Crippen LogP contribution < -0.4 is 0 Å². The molecule has 90 valence electrons. The average molecular weight is 234 g/mol. The van der Waals surface area contributed by atoms with E-state index in [1.165, 1.54) is 7.11 Å². The summed E-state index contributed by atoms with van der Waals surface area (Å²) in [6.45, 7) is 7.78. The highest BCUT2D eigenvalue weighted by Crippen LogP contribution is 2.25. The van der Waals surface area contributed by atoms with Crippen molar-refractivity contribution in [2.45, 2.75) is 45.0 Å². The molecule has 0 bridgehead atoms. The number of hydrogen-bond donors (Lipinski definition) is 1. The minimum atomic E-state index is -0.672. The molecule has 0 aromatic heterocycles. The molecule has 0 saturated carbocycles. The van der Waals surface area contributed by atoms with Gasteiger partial charge in [-0.25, -0.2) is 0 Å². The maximum absolute atomic E-state index is 11.0. The topological polar surface area (TPSA) is 46.5 Å². The van der Waals surface area contributed by atoms with Gasteiger partial charge in [-0.05, 0) is 12.8 Å². The summed E-state index contributed by atoms with van der Waals surface area (Å²) in [5.41, 5.74) is -0.672. The van der Waals surface area contributed by atoms with Crippen molar-refractivity contribution in [3.05, 3.63) is 0 Å². The van der Waals surface area contributed by atoms with Gasteiger partial charge in [0.15, 0.2) is 0 Å². The molecule has 0 aromatic rings. The molecule has 0 radical (unpaired) electrons. The Morgan fingerprint density at radius 1 is 1.47 bits per heavy atom. The van der Waals surface area contributed by atoms with E-state index < -0.39 is 5.60 Å². The maximum atomic E-state index is 11.0. The number of esters is 1. The number of carbonyl (C=O) groups excluding carboxylic acids is 1. The highest BCUT2D eigenvalue weighted by molar-refractivity contribution is 7.99. The highest BCUT2D eigenvalue weighted by Gasteiger charge is 2.26. The van der Waals surface area contributed by atoms with E-state index in [-0.39, 0.29) is 17.1 Å². The normalized spacial score (nSPS) is 17.3. The van der Waals surface area contributed by atoms with Crippen LogP contribution in [-0.4, -0.2) is 34.8 Å². The lowest BCUT2D eigenvalue weighted by Crippen LogP contribution is -2.34. The summed E-state index contributed by atoms with van der Waals surface area (Å²) in [6.07, 6.45) is 0.398. The molecule has 0 aromatic carbocycles. The van der Waals surface area contributed by atoms with Gasteiger partial charge in [0.2, 0.25) is 0 Å². The molecule has 0 rings (SSSR count). The zero-order valence-corrected chi connectivity index (χ0v) is 11.1. The summed E-state index contributed by atoms with van der Waals surface area (Å²) < 4.78 is 4.59. The molecular weight excluding hydrogens is 212 g/mol. The molecule has 0 aliphatic heterocycles. The number of thioether (sulfide) groups is 1. The largest absolute Gasteiger partial charge is 0.469 e. The second-order valence-electron chi connectivity index (χ2n) is 4.41.